The van der Waals surface area contributed by atoms with E-state index in [4.69, 9.17) is 0 Å². The molecule has 0 atom stereocenters. The van der Waals surface area contributed by atoms with Crippen molar-refractivity contribution in [3.63, 3.8) is 0 Å². The van der Waals surface area contributed by atoms with Gasteiger partial charge in [0.05, 0.1) is 10.6 Å². The Morgan fingerprint density at radius 2 is 1.80 bits per heavy atom. The Morgan fingerprint density at radius 3 is 2.53 bits per heavy atom. The number of amides is 1. The zero-order valence-corrected chi connectivity index (χ0v) is 16.8. The fourth-order valence-electron chi connectivity index (χ4n) is 3.54. The molecule has 0 bridgehead atoms. The number of nitrogens with zero attached hydrogens (tertiary/aromatic N) is 1. The summed E-state index contributed by atoms with van der Waals surface area (Å²) in [6.07, 6.45) is 4.20. The Balaban J connectivity index is 1.72. The molecule has 156 valence electrons. The normalized spacial score (nSPS) is 14.6. The number of carbonyl (C=O) groups excluding carboxylic acids is 1. The van der Waals surface area contributed by atoms with Crippen LogP contribution in [0.1, 0.15) is 29.6 Å². The summed E-state index contributed by atoms with van der Waals surface area (Å²) in [5.74, 6) is -1.08. The first kappa shape index (κ1) is 20.1. The average molecular weight is 429 g/mol. The highest BCUT2D eigenvalue weighted by atomic mass is 32.2. The van der Waals surface area contributed by atoms with Gasteiger partial charge in [-0.1, -0.05) is 12.1 Å². The number of para-hydroxylation sites is 1. The molecule has 0 unspecified atom stereocenters. The van der Waals surface area contributed by atoms with E-state index in [0.29, 0.717) is 18.6 Å². The Hall–Kier alpha value is -3.20. The van der Waals surface area contributed by atoms with Crippen molar-refractivity contribution in [3.05, 3.63) is 70.3 Å². The van der Waals surface area contributed by atoms with Crippen molar-refractivity contribution in [2.45, 2.75) is 24.2 Å². The van der Waals surface area contributed by atoms with Gasteiger partial charge in [-0.05, 0) is 49.6 Å². The van der Waals surface area contributed by atoms with Crippen LogP contribution >= 0.6 is 0 Å². The maximum Gasteiger partial charge on any atom is 0.262 e. The minimum Gasteiger partial charge on any atom is -0.360 e. The number of piperidine rings is 1. The first-order chi connectivity index (χ1) is 14.4. The summed E-state index contributed by atoms with van der Waals surface area (Å²) in [5, 5.41) is 0.0780. The van der Waals surface area contributed by atoms with E-state index in [9.17, 15) is 22.4 Å². The molecule has 1 saturated heterocycles. The maximum atomic E-state index is 13.8. The van der Waals surface area contributed by atoms with Crippen LogP contribution in [0.2, 0.25) is 0 Å². The van der Waals surface area contributed by atoms with Crippen molar-refractivity contribution < 1.29 is 17.6 Å². The number of sulfonamides is 1. The summed E-state index contributed by atoms with van der Waals surface area (Å²) in [7, 11) is -4.14. The molecular formula is C21H20FN3O4S. The van der Waals surface area contributed by atoms with E-state index < -0.39 is 21.3 Å². The van der Waals surface area contributed by atoms with Crippen LogP contribution in [0, 0.1) is 5.82 Å². The molecule has 1 amide bonds. The number of hydrogen-bond acceptors (Lipinski definition) is 4. The number of nitrogens with one attached hydrogen (secondary N) is 2. The molecule has 9 heteroatoms. The summed E-state index contributed by atoms with van der Waals surface area (Å²) in [6.45, 7) is 1.19. The van der Waals surface area contributed by atoms with Crippen molar-refractivity contribution in [2.75, 3.05) is 17.8 Å². The largest absolute Gasteiger partial charge is 0.360 e. The molecule has 0 radical (unpaired) electrons. The van der Waals surface area contributed by atoms with E-state index in [1.54, 1.807) is 4.90 Å². The number of carbonyl (C=O) groups is 1. The highest BCUT2D eigenvalue weighted by molar-refractivity contribution is 7.92. The highest BCUT2D eigenvalue weighted by Gasteiger charge is 2.23. The third kappa shape index (κ3) is 3.80. The van der Waals surface area contributed by atoms with Crippen molar-refractivity contribution in [2.24, 2.45) is 0 Å². The molecule has 0 saturated carbocycles. The second-order valence-electron chi connectivity index (χ2n) is 7.18. The number of rotatable bonds is 4. The van der Waals surface area contributed by atoms with Gasteiger partial charge in [-0.2, -0.15) is 0 Å². The predicted molar refractivity (Wildman–Crippen MR) is 112 cm³/mol. The molecule has 0 spiro atoms. The standard InChI is InChI=1S/C21H20FN3O4S/c22-17-6-2-3-7-19(17)24-30(28,29)14-8-9-18-15(12-14)20(26)16(13-23-18)21(27)25-10-4-1-5-11-25/h2-3,6-9,12-13,24H,1,4-5,10-11H2,(H,23,26). The lowest BCUT2D eigenvalue weighted by Gasteiger charge is -2.26. The fourth-order valence-corrected chi connectivity index (χ4v) is 4.63. The van der Waals surface area contributed by atoms with Gasteiger partial charge in [0.25, 0.3) is 15.9 Å². The maximum absolute atomic E-state index is 13.8. The molecule has 2 aromatic carbocycles. The molecule has 1 aliphatic rings. The Kier molecular flexibility index (Phi) is 5.29. The number of H-pyrrole nitrogens is 1. The van der Waals surface area contributed by atoms with Crippen molar-refractivity contribution in [1.82, 2.24) is 9.88 Å². The van der Waals surface area contributed by atoms with Crippen LogP contribution in [0.25, 0.3) is 10.9 Å². The lowest BCUT2D eigenvalue weighted by atomic mass is 10.1. The summed E-state index contributed by atoms with van der Waals surface area (Å²) < 4.78 is 41.5. The summed E-state index contributed by atoms with van der Waals surface area (Å²) in [4.78, 5) is 30.1. The molecule has 7 nitrogen and oxygen atoms in total. The van der Waals surface area contributed by atoms with Crippen LogP contribution in [-0.4, -0.2) is 37.3 Å². The SMILES string of the molecule is O=C(c1c[nH]c2ccc(S(=O)(=O)Nc3ccccc3F)cc2c1=O)N1CCCCC1. The predicted octanol–water partition coefficient (Wildman–Crippen LogP) is 3.09. The minimum absolute atomic E-state index is 0.0268. The van der Waals surface area contributed by atoms with E-state index in [1.807, 2.05) is 0 Å². The van der Waals surface area contributed by atoms with Gasteiger partial charge in [0.15, 0.2) is 0 Å². The summed E-state index contributed by atoms with van der Waals surface area (Å²) >= 11 is 0. The summed E-state index contributed by atoms with van der Waals surface area (Å²) in [6, 6.07) is 9.35. The Labute approximate surface area is 172 Å². The number of likely N-dealkylation sites (tertiary alicyclic amines) is 1. The number of pyridine rings is 1. The van der Waals surface area contributed by atoms with E-state index in [1.165, 1.54) is 42.6 Å². The minimum atomic E-state index is -4.14. The van der Waals surface area contributed by atoms with Crippen LogP contribution in [0.3, 0.4) is 0 Å². The molecule has 1 aromatic heterocycles. The molecule has 30 heavy (non-hydrogen) atoms. The fraction of sp³-hybridized carbons (Fsp3) is 0.238. The van der Waals surface area contributed by atoms with Crippen molar-refractivity contribution in [1.29, 1.82) is 0 Å². The quantitative estimate of drug-likeness (QED) is 0.666. The molecule has 1 aliphatic heterocycles. The third-order valence-electron chi connectivity index (χ3n) is 5.15. The lowest BCUT2D eigenvalue weighted by molar-refractivity contribution is 0.0723. The Bertz CT molecular complexity index is 1280. The van der Waals surface area contributed by atoms with Crippen LogP contribution < -0.4 is 10.2 Å². The van der Waals surface area contributed by atoms with E-state index in [2.05, 4.69) is 9.71 Å². The Morgan fingerprint density at radius 1 is 1.07 bits per heavy atom. The monoisotopic (exact) mass is 429 g/mol. The van der Waals surface area contributed by atoms with E-state index >= 15 is 0 Å². The van der Waals surface area contributed by atoms with Gasteiger partial charge in [0, 0.05) is 30.2 Å². The summed E-state index contributed by atoms with van der Waals surface area (Å²) in [5.41, 5.74) is -0.358. The molecular weight excluding hydrogens is 409 g/mol. The number of anilines is 1. The first-order valence-corrected chi connectivity index (χ1v) is 11.1. The van der Waals surface area contributed by atoms with Gasteiger partial charge in [-0.25, -0.2) is 12.8 Å². The molecule has 2 N–H and O–H groups in total. The third-order valence-corrected chi connectivity index (χ3v) is 6.52. The zero-order chi connectivity index (χ0) is 21.3. The molecule has 4 rings (SSSR count). The van der Waals surface area contributed by atoms with Crippen LogP contribution in [0.5, 0.6) is 0 Å². The average Bonchev–Trinajstić information content (AvgIpc) is 2.75. The molecule has 2 heterocycles. The first-order valence-electron chi connectivity index (χ1n) is 9.59. The van der Waals surface area contributed by atoms with Gasteiger partial charge in [0.2, 0.25) is 5.43 Å². The molecule has 3 aromatic rings. The highest BCUT2D eigenvalue weighted by Crippen LogP contribution is 2.21. The topological polar surface area (TPSA) is 99.3 Å². The van der Waals surface area contributed by atoms with Gasteiger partial charge in [0.1, 0.15) is 11.4 Å². The van der Waals surface area contributed by atoms with Gasteiger partial charge in [-0.3, -0.25) is 14.3 Å². The van der Waals surface area contributed by atoms with E-state index in [-0.39, 0.29) is 27.4 Å². The number of hydrogen-bond donors (Lipinski definition) is 2. The number of aromatic amines is 1. The number of halogens is 1. The second-order valence-corrected chi connectivity index (χ2v) is 8.86. The van der Waals surface area contributed by atoms with E-state index in [0.717, 1.165) is 25.3 Å². The number of aromatic nitrogens is 1. The van der Waals surface area contributed by atoms with Gasteiger partial charge >= 0.3 is 0 Å². The lowest BCUT2D eigenvalue weighted by Crippen LogP contribution is -2.38. The zero-order valence-electron chi connectivity index (χ0n) is 16.0. The smallest absolute Gasteiger partial charge is 0.262 e. The number of benzene rings is 2. The second kappa shape index (κ2) is 7.91. The molecule has 1 fully saturated rings. The van der Waals surface area contributed by atoms with Crippen LogP contribution in [0.4, 0.5) is 10.1 Å². The van der Waals surface area contributed by atoms with Crippen LogP contribution in [-0.2, 0) is 10.0 Å². The van der Waals surface area contributed by atoms with Crippen molar-refractivity contribution >= 4 is 32.5 Å². The number of fused-ring (bicyclic) bond motifs is 1. The van der Waals surface area contributed by atoms with Gasteiger partial charge < -0.3 is 9.88 Å². The van der Waals surface area contributed by atoms with Gasteiger partial charge in [-0.15, -0.1) is 0 Å². The molecule has 0 aliphatic carbocycles. The van der Waals surface area contributed by atoms with Crippen LogP contribution in [0.15, 0.2) is 58.4 Å². The van der Waals surface area contributed by atoms with Crippen molar-refractivity contribution in [3.8, 4) is 0 Å².